The fourth-order valence-corrected chi connectivity index (χ4v) is 2.76. The number of hydrogen-bond donors (Lipinski definition) is 4. The molecule has 0 bridgehead atoms. The van der Waals surface area contributed by atoms with Crippen LogP contribution in [0.25, 0.3) is 10.8 Å². The minimum absolute atomic E-state index is 0.0740. The van der Waals surface area contributed by atoms with Crippen LogP contribution >= 0.6 is 0 Å². The van der Waals surface area contributed by atoms with Crippen molar-refractivity contribution in [1.29, 1.82) is 0 Å². The van der Waals surface area contributed by atoms with Gasteiger partial charge >= 0.3 is 0 Å². The van der Waals surface area contributed by atoms with Crippen LogP contribution < -0.4 is 20.1 Å². The van der Waals surface area contributed by atoms with E-state index in [2.05, 4.69) is 52.2 Å². The lowest BCUT2D eigenvalue weighted by Gasteiger charge is -2.24. The summed E-state index contributed by atoms with van der Waals surface area (Å²) in [6.07, 6.45) is -1.30. The highest BCUT2D eigenvalue weighted by Gasteiger charge is 2.16. The van der Waals surface area contributed by atoms with Crippen LogP contribution in [-0.2, 0) is 0 Å². The molecule has 6 nitrogen and oxygen atoms in total. The molecule has 0 heterocycles. The van der Waals surface area contributed by atoms with Gasteiger partial charge in [-0.1, -0.05) is 24.3 Å². The van der Waals surface area contributed by atoms with Gasteiger partial charge in [0.15, 0.2) is 11.5 Å². The molecule has 168 valence electrons. The molecule has 4 N–H and O–H groups in total. The summed E-state index contributed by atoms with van der Waals surface area (Å²) < 4.78 is 11.8. The molecule has 0 aromatic heterocycles. The molecule has 0 unspecified atom stereocenters. The first kappa shape index (κ1) is 24.4. The number of ether oxygens (including phenoxy) is 2. The average Bonchev–Trinajstić information content (AvgIpc) is 2.66. The molecule has 0 saturated carbocycles. The van der Waals surface area contributed by atoms with Crippen LogP contribution in [0.2, 0.25) is 0 Å². The van der Waals surface area contributed by atoms with E-state index in [0.717, 1.165) is 10.8 Å². The number of aliphatic hydroxyl groups excluding tert-OH is 2. The van der Waals surface area contributed by atoms with Gasteiger partial charge in [-0.15, -0.1) is 0 Å². The minimum atomic E-state index is -0.648. The van der Waals surface area contributed by atoms with Crippen molar-refractivity contribution in [3.63, 3.8) is 0 Å². The Morgan fingerprint density at radius 2 is 1.10 bits per heavy atom. The van der Waals surface area contributed by atoms with Crippen molar-refractivity contribution in [3.8, 4) is 11.5 Å². The van der Waals surface area contributed by atoms with Crippen molar-refractivity contribution >= 4 is 10.8 Å². The lowest BCUT2D eigenvalue weighted by molar-refractivity contribution is 0.0873. The van der Waals surface area contributed by atoms with Crippen LogP contribution in [0, 0.1) is 0 Å². The van der Waals surface area contributed by atoms with E-state index in [0.29, 0.717) is 24.6 Å². The number of nitrogens with one attached hydrogen (secondary N) is 2. The molecule has 6 heteroatoms. The van der Waals surface area contributed by atoms with Gasteiger partial charge in [-0.2, -0.15) is 0 Å². The van der Waals surface area contributed by atoms with Crippen molar-refractivity contribution in [2.45, 2.75) is 64.8 Å². The third-order valence-electron chi connectivity index (χ3n) is 4.41. The number of rotatable bonds is 10. The van der Waals surface area contributed by atoms with Crippen molar-refractivity contribution in [1.82, 2.24) is 10.6 Å². The summed E-state index contributed by atoms with van der Waals surface area (Å²) in [5.74, 6) is 1.11. The molecule has 2 aromatic carbocycles. The van der Waals surface area contributed by atoms with Gasteiger partial charge in [0.25, 0.3) is 0 Å². The number of fused-ring (bicyclic) bond motifs is 1. The summed E-state index contributed by atoms with van der Waals surface area (Å²) in [5, 5.41) is 29.1. The Bertz CT molecular complexity index is 729. The highest BCUT2D eigenvalue weighted by Crippen LogP contribution is 2.33. The molecule has 0 saturated heterocycles. The van der Waals surface area contributed by atoms with Crippen LogP contribution in [0.3, 0.4) is 0 Å². The predicted octanol–water partition coefficient (Wildman–Crippen LogP) is 3.10. The summed E-state index contributed by atoms with van der Waals surface area (Å²) in [6.45, 7) is 13.5. The van der Waals surface area contributed by atoms with E-state index < -0.39 is 12.2 Å². The molecule has 0 aliphatic heterocycles. The molecule has 0 radical (unpaired) electrons. The van der Waals surface area contributed by atoms with Crippen LogP contribution in [0.4, 0.5) is 0 Å². The highest BCUT2D eigenvalue weighted by atomic mass is 16.5. The molecule has 0 spiro atoms. The Labute approximate surface area is 180 Å². The summed E-state index contributed by atoms with van der Waals surface area (Å²) >= 11 is 0. The Hall–Kier alpha value is -1.86. The van der Waals surface area contributed by atoms with Gasteiger partial charge in [0.1, 0.15) is 25.4 Å². The van der Waals surface area contributed by atoms with Crippen molar-refractivity contribution in [2.24, 2.45) is 0 Å². The Morgan fingerprint density at radius 1 is 0.733 bits per heavy atom. The second-order valence-corrected chi connectivity index (χ2v) is 9.84. The van der Waals surface area contributed by atoms with E-state index in [1.165, 1.54) is 0 Å². The van der Waals surface area contributed by atoms with Crippen molar-refractivity contribution in [2.75, 3.05) is 26.3 Å². The fraction of sp³-hybridized carbons (Fsp3) is 0.583. The normalized spacial score (nSPS) is 14.5. The smallest absolute Gasteiger partial charge is 0.161 e. The standard InChI is InChI=1S/C24H38N2O4/c1-23(2,3)25-13-19(27)15-29-21-11-17-9-7-8-10-18(17)12-22(21)30-16-20(28)14-26-24(4,5)6/h7-12,19-20,25-28H,13-16H2,1-6H3/t19-,20-/m0/s1. The fourth-order valence-electron chi connectivity index (χ4n) is 2.76. The zero-order valence-corrected chi connectivity index (χ0v) is 19.2. The van der Waals surface area contributed by atoms with Crippen molar-refractivity contribution in [3.05, 3.63) is 36.4 Å². The van der Waals surface area contributed by atoms with Gasteiger partial charge in [0, 0.05) is 24.2 Å². The van der Waals surface area contributed by atoms with Gasteiger partial charge in [-0.05, 0) is 64.4 Å². The lowest BCUT2D eigenvalue weighted by atomic mass is 10.1. The molecule has 2 rings (SSSR count). The average molecular weight is 419 g/mol. The highest BCUT2D eigenvalue weighted by molar-refractivity contribution is 5.86. The lowest BCUT2D eigenvalue weighted by Crippen LogP contribution is -2.42. The Kier molecular flexibility index (Phi) is 8.50. The zero-order chi connectivity index (χ0) is 22.4. The number of β-amino-alcohol motifs (C(OH)–C–C–N with tert-alkyl or cyclic N) is 2. The van der Waals surface area contributed by atoms with Gasteiger partial charge < -0.3 is 30.3 Å². The number of hydrogen-bond acceptors (Lipinski definition) is 6. The van der Waals surface area contributed by atoms with Crippen molar-refractivity contribution < 1.29 is 19.7 Å². The van der Waals surface area contributed by atoms with Gasteiger partial charge in [0.05, 0.1) is 0 Å². The first-order valence-electron chi connectivity index (χ1n) is 10.6. The molecular weight excluding hydrogens is 380 g/mol. The third kappa shape index (κ3) is 8.88. The van der Waals surface area contributed by atoms with Crippen LogP contribution in [-0.4, -0.2) is 59.8 Å². The summed E-state index contributed by atoms with van der Waals surface area (Å²) in [5.41, 5.74) is -0.148. The SMILES string of the molecule is CC(C)(C)NC[C@H](O)COc1cc2ccccc2cc1OC[C@@H](O)CNC(C)(C)C. The molecular formula is C24H38N2O4. The van der Waals surface area contributed by atoms with E-state index in [1.807, 2.05) is 36.4 Å². The minimum Gasteiger partial charge on any atom is -0.487 e. The molecule has 2 atom stereocenters. The summed E-state index contributed by atoms with van der Waals surface area (Å²) in [6, 6.07) is 11.8. The monoisotopic (exact) mass is 418 g/mol. The van der Waals surface area contributed by atoms with Crippen LogP contribution in [0.5, 0.6) is 11.5 Å². The Balaban J connectivity index is 2.05. The molecule has 30 heavy (non-hydrogen) atoms. The second-order valence-electron chi connectivity index (χ2n) is 9.84. The van der Waals surface area contributed by atoms with Crippen LogP contribution in [0.1, 0.15) is 41.5 Å². The first-order valence-corrected chi connectivity index (χ1v) is 10.6. The second kappa shape index (κ2) is 10.4. The molecule has 2 aromatic rings. The van der Waals surface area contributed by atoms with Gasteiger partial charge in [-0.25, -0.2) is 0 Å². The predicted molar refractivity (Wildman–Crippen MR) is 122 cm³/mol. The Morgan fingerprint density at radius 3 is 1.43 bits per heavy atom. The van der Waals surface area contributed by atoms with Gasteiger partial charge in [-0.3, -0.25) is 0 Å². The summed E-state index contributed by atoms with van der Waals surface area (Å²) in [7, 11) is 0. The largest absolute Gasteiger partial charge is 0.487 e. The zero-order valence-electron chi connectivity index (χ0n) is 19.2. The molecule has 0 aliphatic carbocycles. The van der Waals surface area contributed by atoms with E-state index in [4.69, 9.17) is 9.47 Å². The maximum Gasteiger partial charge on any atom is 0.161 e. The molecule has 0 amide bonds. The maximum absolute atomic E-state index is 10.3. The summed E-state index contributed by atoms with van der Waals surface area (Å²) in [4.78, 5) is 0. The molecule has 0 fully saturated rings. The number of aliphatic hydroxyl groups is 2. The first-order chi connectivity index (χ1) is 13.9. The van der Waals surface area contributed by atoms with E-state index >= 15 is 0 Å². The quantitative estimate of drug-likeness (QED) is 0.475. The maximum atomic E-state index is 10.3. The number of benzene rings is 2. The van der Waals surface area contributed by atoms with Crippen LogP contribution in [0.15, 0.2) is 36.4 Å². The van der Waals surface area contributed by atoms with Gasteiger partial charge in [0.2, 0.25) is 0 Å². The topological polar surface area (TPSA) is 83.0 Å². The third-order valence-corrected chi connectivity index (χ3v) is 4.41. The van der Waals surface area contributed by atoms with E-state index in [-0.39, 0.29) is 24.3 Å². The van der Waals surface area contributed by atoms with E-state index in [1.54, 1.807) is 0 Å². The molecule has 0 aliphatic rings. The van der Waals surface area contributed by atoms with E-state index in [9.17, 15) is 10.2 Å².